The van der Waals surface area contributed by atoms with Crippen molar-refractivity contribution < 1.29 is 4.74 Å². The van der Waals surface area contributed by atoms with Crippen molar-refractivity contribution in [1.29, 1.82) is 0 Å². The van der Waals surface area contributed by atoms with Gasteiger partial charge in [0.05, 0.1) is 12.8 Å². The zero-order valence-corrected chi connectivity index (χ0v) is 13.5. The van der Waals surface area contributed by atoms with E-state index in [4.69, 9.17) is 10.5 Å². The van der Waals surface area contributed by atoms with Crippen molar-refractivity contribution in [2.45, 2.75) is 13.0 Å². The molecule has 2 N–H and O–H groups in total. The van der Waals surface area contributed by atoms with Crippen molar-refractivity contribution in [3.05, 3.63) is 52.5 Å². The molecule has 0 heterocycles. The SMILES string of the molecule is COc1ccccc1N(C)c1ccc([C@H](C)N)c(Br)c1. The molecule has 0 aliphatic rings. The van der Waals surface area contributed by atoms with Crippen molar-refractivity contribution in [3.8, 4) is 5.75 Å². The van der Waals surface area contributed by atoms with Crippen LogP contribution in [0.4, 0.5) is 11.4 Å². The lowest BCUT2D eigenvalue weighted by Gasteiger charge is -2.23. The third-order valence-corrected chi connectivity index (χ3v) is 4.00. The summed E-state index contributed by atoms with van der Waals surface area (Å²) in [4.78, 5) is 2.09. The molecule has 0 aromatic heterocycles. The van der Waals surface area contributed by atoms with Gasteiger partial charge in [-0.3, -0.25) is 0 Å². The fraction of sp³-hybridized carbons (Fsp3) is 0.250. The van der Waals surface area contributed by atoms with Crippen LogP contribution in [0.2, 0.25) is 0 Å². The van der Waals surface area contributed by atoms with Gasteiger partial charge in [-0.25, -0.2) is 0 Å². The molecule has 0 amide bonds. The molecule has 0 bridgehead atoms. The molecule has 0 unspecified atom stereocenters. The van der Waals surface area contributed by atoms with E-state index in [2.05, 4.69) is 39.0 Å². The van der Waals surface area contributed by atoms with Crippen LogP contribution < -0.4 is 15.4 Å². The molecule has 0 aliphatic heterocycles. The third kappa shape index (κ3) is 2.97. The number of nitrogens with zero attached hydrogens (tertiary/aromatic N) is 1. The number of ether oxygens (including phenoxy) is 1. The van der Waals surface area contributed by atoms with Gasteiger partial charge in [0.25, 0.3) is 0 Å². The fourth-order valence-electron chi connectivity index (χ4n) is 2.14. The minimum absolute atomic E-state index is 0.00925. The highest BCUT2D eigenvalue weighted by atomic mass is 79.9. The summed E-state index contributed by atoms with van der Waals surface area (Å²) in [6.45, 7) is 1.98. The topological polar surface area (TPSA) is 38.5 Å². The Balaban J connectivity index is 2.38. The van der Waals surface area contributed by atoms with Gasteiger partial charge in [0.15, 0.2) is 0 Å². The van der Waals surface area contributed by atoms with E-state index in [9.17, 15) is 0 Å². The van der Waals surface area contributed by atoms with Gasteiger partial charge in [-0.1, -0.05) is 34.1 Å². The molecule has 106 valence electrons. The third-order valence-electron chi connectivity index (χ3n) is 3.31. The van der Waals surface area contributed by atoms with Gasteiger partial charge >= 0.3 is 0 Å². The molecular weight excluding hydrogens is 316 g/mol. The van der Waals surface area contributed by atoms with Crippen LogP contribution >= 0.6 is 15.9 Å². The van der Waals surface area contributed by atoms with Crippen molar-refractivity contribution in [3.63, 3.8) is 0 Å². The van der Waals surface area contributed by atoms with Gasteiger partial charge in [-0.2, -0.15) is 0 Å². The number of methoxy groups -OCH3 is 1. The Morgan fingerprint density at radius 3 is 2.50 bits per heavy atom. The number of para-hydroxylation sites is 2. The number of hydrogen-bond donors (Lipinski definition) is 1. The van der Waals surface area contributed by atoms with Crippen LogP contribution in [0.25, 0.3) is 0 Å². The largest absolute Gasteiger partial charge is 0.495 e. The molecule has 0 aliphatic carbocycles. The predicted molar refractivity (Wildman–Crippen MR) is 87.8 cm³/mol. The van der Waals surface area contributed by atoms with Crippen LogP contribution in [-0.4, -0.2) is 14.2 Å². The van der Waals surface area contributed by atoms with Gasteiger partial charge in [-0.15, -0.1) is 0 Å². The van der Waals surface area contributed by atoms with Gasteiger partial charge in [0, 0.05) is 23.2 Å². The number of anilines is 2. The molecule has 0 spiro atoms. The summed E-state index contributed by atoms with van der Waals surface area (Å²) in [5, 5.41) is 0. The molecule has 0 radical (unpaired) electrons. The number of rotatable bonds is 4. The van der Waals surface area contributed by atoms with Crippen molar-refractivity contribution in [2.75, 3.05) is 19.1 Å². The second-order valence-corrected chi connectivity index (χ2v) is 5.58. The maximum atomic E-state index is 5.93. The lowest BCUT2D eigenvalue weighted by molar-refractivity contribution is 0.415. The highest BCUT2D eigenvalue weighted by molar-refractivity contribution is 9.10. The van der Waals surface area contributed by atoms with E-state index in [-0.39, 0.29) is 6.04 Å². The quantitative estimate of drug-likeness (QED) is 0.908. The maximum Gasteiger partial charge on any atom is 0.142 e. The average molecular weight is 335 g/mol. The van der Waals surface area contributed by atoms with Crippen molar-refractivity contribution in [1.82, 2.24) is 0 Å². The van der Waals surface area contributed by atoms with E-state index in [0.29, 0.717) is 0 Å². The Kier molecular flexibility index (Phi) is 4.68. The minimum atomic E-state index is 0.00925. The van der Waals surface area contributed by atoms with Gasteiger partial charge in [0.1, 0.15) is 5.75 Å². The molecule has 2 aromatic carbocycles. The van der Waals surface area contributed by atoms with E-state index in [1.54, 1.807) is 7.11 Å². The number of hydrogen-bond acceptors (Lipinski definition) is 3. The minimum Gasteiger partial charge on any atom is -0.495 e. The summed E-state index contributed by atoms with van der Waals surface area (Å²) in [7, 11) is 3.70. The molecule has 0 fully saturated rings. The number of halogens is 1. The molecule has 2 aromatic rings. The lowest BCUT2D eigenvalue weighted by atomic mass is 10.1. The van der Waals surface area contributed by atoms with E-state index in [1.165, 1.54) is 0 Å². The molecule has 20 heavy (non-hydrogen) atoms. The molecule has 0 saturated carbocycles. The summed E-state index contributed by atoms with van der Waals surface area (Å²) in [5.74, 6) is 0.849. The van der Waals surface area contributed by atoms with Crippen LogP contribution in [-0.2, 0) is 0 Å². The highest BCUT2D eigenvalue weighted by Gasteiger charge is 2.12. The zero-order chi connectivity index (χ0) is 14.7. The predicted octanol–water partition coefficient (Wildman–Crippen LogP) is 4.25. The highest BCUT2D eigenvalue weighted by Crippen LogP contribution is 2.34. The lowest BCUT2D eigenvalue weighted by Crippen LogP contribution is -2.12. The smallest absolute Gasteiger partial charge is 0.142 e. The molecule has 1 atom stereocenters. The van der Waals surface area contributed by atoms with E-state index >= 15 is 0 Å². The van der Waals surface area contributed by atoms with Crippen LogP contribution in [0.5, 0.6) is 5.75 Å². The monoisotopic (exact) mass is 334 g/mol. The molecule has 2 rings (SSSR count). The van der Waals surface area contributed by atoms with Crippen LogP contribution in [0.15, 0.2) is 46.9 Å². The summed E-state index contributed by atoms with van der Waals surface area (Å²) in [6, 6.07) is 14.2. The van der Waals surface area contributed by atoms with Crippen LogP contribution in [0, 0.1) is 0 Å². The van der Waals surface area contributed by atoms with Gasteiger partial charge < -0.3 is 15.4 Å². The van der Waals surface area contributed by atoms with E-state index in [1.807, 2.05) is 38.2 Å². The molecule has 0 saturated heterocycles. The Morgan fingerprint density at radius 2 is 1.90 bits per heavy atom. The first-order chi connectivity index (χ1) is 9.54. The first kappa shape index (κ1) is 14.9. The molecule has 4 heteroatoms. The molecule has 3 nitrogen and oxygen atoms in total. The molecular formula is C16H19BrN2O. The van der Waals surface area contributed by atoms with Gasteiger partial charge in [-0.05, 0) is 36.8 Å². The second kappa shape index (κ2) is 6.29. The summed E-state index contributed by atoms with van der Waals surface area (Å²) < 4.78 is 6.43. The first-order valence-corrected chi connectivity index (χ1v) is 7.25. The standard InChI is InChI=1S/C16H19BrN2O/c1-11(18)13-9-8-12(10-14(13)17)19(2)15-6-4-5-7-16(15)20-3/h4-11H,18H2,1-3H3/t11-/m0/s1. The maximum absolute atomic E-state index is 5.93. The fourth-order valence-corrected chi connectivity index (χ4v) is 2.87. The van der Waals surface area contributed by atoms with Gasteiger partial charge in [0.2, 0.25) is 0 Å². The summed E-state index contributed by atoms with van der Waals surface area (Å²) in [5.41, 5.74) is 9.13. The normalized spacial score (nSPS) is 12.1. The Hall–Kier alpha value is -1.52. The van der Waals surface area contributed by atoms with Crippen LogP contribution in [0.3, 0.4) is 0 Å². The first-order valence-electron chi connectivity index (χ1n) is 6.46. The summed E-state index contributed by atoms with van der Waals surface area (Å²) >= 11 is 3.59. The van der Waals surface area contributed by atoms with Crippen molar-refractivity contribution >= 4 is 27.3 Å². The zero-order valence-electron chi connectivity index (χ0n) is 11.9. The summed E-state index contributed by atoms with van der Waals surface area (Å²) in [6.07, 6.45) is 0. The van der Waals surface area contributed by atoms with Crippen LogP contribution in [0.1, 0.15) is 18.5 Å². The Labute approximate surface area is 128 Å². The second-order valence-electron chi connectivity index (χ2n) is 4.73. The van der Waals surface area contributed by atoms with Crippen molar-refractivity contribution in [2.24, 2.45) is 5.73 Å². The average Bonchev–Trinajstić information content (AvgIpc) is 2.45. The van der Waals surface area contributed by atoms with E-state index in [0.717, 1.165) is 27.2 Å². The Bertz CT molecular complexity index is 599. The van der Waals surface area contributed by atoms with E-state index < -0.39 is 0 Å². The number of benzene rings is 2. The number of nitrogens with two attached hydrogens (primary N) is 1. The Morgan fingerprint density at radius 1 is 1.20 bits per heavy atom.